The Labute approximate surface area is 156 Å². The van der Waals surface area contributed by atoms with Gasteiger partial charge in [-0.15, -0.1) is 0 Å². The Morgan fingerprint density at radius 2 is 1.77 bits per heavy atom. The number of anilines is 3. The summed E-state index contributed by atoms with van der Waals surface area (Å²) < 4.78 is 0. The van der Waals surface area contributed by atoms with Gasteiger partial charge >= 0.3 is 6.03 Å². The lowest BCUT2D eigenvalue weighted by atomic mass is 10.0. The Kier molecular flexibility index (Phi) is 5.66. The molecular weight excluding hydrogens is 324 g/mol. The number of aryl methyl sites for hydroxylation is 1. The molecule has 1 fully saturated rings. The molecule has 1 heterocycles. The lowest BCUT2D eigenvalue weighted by Gasteiger charge is -2.34. The van der Waals surface area contributed by atoms with Crippen LogP contribution in [0.15, 0.2) is 48.5 Å². The van der Waals surface area contributed by atoms with E-state index in [0.29, 0.717) is 0 Å². The van der Waals surface area contributed by atoms with Crippen LogP contribution in [0.25, 0.3) is 0 Å². The predicted octanol–water partition coefficient (Wildman–Crippen LogP) is 3.85. The lowest BCUT2D eigenvalue weighted by Crippen LogP contribution is -2.46. The second-order valence-corrected chi connectivity index (χ2v) is 7.09. The molecule has 0 aliphatic carbocycles. The third-order valence-electron chi connectivity index (χ3n) is 4.93. The van der Waals surface area contributed by atoms with Crippen LogP contribution >= 0.6 is 0 Å². The standard InChI is InChI=1S/C21H28N4O/c1-16-15-19(24(2)3)9-10-20(16)23-21(26)22-17-11-13-25(14-12-17)18-7-5-4-6-8-18/h4-10,15,17H,11-14H2,1-3H3,(H2,22,23,26). The number of rotatable bonds is 4. The van der Waals surface area contributed by atoms with Gasteiger partial charge in [0.1, 0.15) is 0 Å². The van der Waals surface area contributed by atoms with Crippen LogP contribution in [0.3, 0.4) is 0 Å². The summed E-state index contributed by atoms with van der Waals surface area (Å²) in [7, 11) is 4.02. The van der Waals surface area contributed by atoms with Gasteiger partial charge in [0.25, 0.3) is 0 Å². The number of hydrogen-bond acceptors (Lipinski definition) is 3. The fraction of sp³-hybridized carbons (Fsp3) is 0.381. The van der Waals surface area contributed by atoms with E-state index in [0.717, 1.165) is 42.9 Å². The topological polar surface area (TPSA) is 47.6 Å². The summed E-state index contributed by atoms with van der Waals surface area (Å²) in [4.78, 5) is 16.8. The van der Waals surface area contributed by atoms with E-state index in [-0.39, 0.29) is 12.1 Å². The van der Waals surface area contributed by atoms with Crippen LogP contribution in [0.2, 0.25) is 0 Å². The number of hydrogen-bond donors (Lipinski definition) is 2. The zero-order valence-electron chi connectivity index (χ0n) is 15.8. The average Bonchev–Trinajstić information content (AvgIpc) is 2.64. The fourth-order valence-corrected chi connectivity index (χ4v) is 3.33. The highest BCUT2D eigenvalue weighted by Gasteiger charge is 2.21. The predicted molar refractivity (Wildman–Crippen MR) is 109 cm³/mol. The second kappa shape index (κ2) is 8.13. The highest BCUT2D eigenvalue weighted by atomic mass is 16.2. The highest BCUT2D eigenvalue weighted by Crippen LogP contribution is 2.22. The SMILES string of the molecule is Cc1cc(N(C)C)ccc1NC(=O)NC1CCN(c2ccccc2)CC1. The van der Waals surface area contributed by atoms with Crippen molar-refractivity contribution in [1.29, 1.82) is 0 Å². The number of piperidine rings is 1. The Balaban J connectivity index is 1.50. The first-order chi connectivity index (χ1) is 12.5. The van der Waals surface area contributed by atoms with Crippen molar-refractivity contribution in [2.45, 2.75) is 25.8 Å². The molecule has 0 spiro atoms. The summed E-state index contributed by atoms with van der Waals surface area (Å²) in [5.41, 5.74) is 4.30. The zero-order valence-corrected chi connectivity index (χ0v) is 15.8. The van der Waals surface area contributed by atoms with Gasteiger partial charge in [0.05, 0.1) is 0 Å². The number of amides is 2. The van der Waals surface area contributed by atoms with Gasteiger partial charge in [0.15, 0.2) is 0 Å². The molecule has 26 heavy (non-hydrogen) atoms. The number of nitrogens with one attached hydrogen (secondary N) is 2. The number of carbonyl (C=O) groups is 1. The van der Waals surface area contributed by atoms with Crippen LogP contribution in [0.1, 0.15) is 18.4 Å². The van der Waals surface area contributed by atoms with Gasteiger partial charge in [-0.2, -0.15) is 0 Å². The van der Waals surface area contributed by atoms with Crippen LogP contribution in [0, 0.1) is 6.92 Å². The van der Waals surface area contributed by atoms with E-state index < -0.39 is 0 Å². The lowest BCUT2D eigenvalue weighted by molar-refractivity contribution is 0.246. The van der Waals surface area contributed by atoms with Gasteiger partial charge < -0.3 is 20.4 Å². The van der Waals surface area contributed by atoms with Gasteiger partial charge in [0, 0.05) is 50.3 Å². The minimum atomic E-state index is -0.121. The molecule has 3 rings (SSSR count). The number of benzene rings is 2. The van der Waals surface area contributed by atoms with Crippen LogP contribution < -0.4 is 20.4 Å². The summed E-state index contributed by atoms with van der Waals surface area (Å²) in [5, 5.41) is 6.10. The molecule has 0 radical (unpaired) electrons. The minimum absolute atomic E-state index is 0.121. The van der Waals surface area contributed by atoms with Crippen molar-refractivity contribution in [2.75, 3.05) is 42.3 Å². The molecule has 0 bridgehead atoms. The maximum Gasteiger partial charge on any atom is 0.319 e. The van der Waals surface area contributed by atoms with Crippen LogP contribution in [-0.4, -0.2) is 39.3 Å². The molecule has 2 N–H and O–H groups in total. The molecule has 5 heteroatoms. The van der Waals surface area contributed by atoms with Crippen LogP contribution in [-0.2, 0) is 0 Å². The monoisotopic (exact) mass is 352 g/mol. The van der Waals surface area contributed by atoms with Gasteiger partial charge in [-0.05, 0) is 55.7 Å². The van der Waals surface area contributed by atoms with Crippen molar-refractivity contribution in [3.05, 3.63) is 54.1 Å². The van der Waals surface area contributed by atoms with Crippen molar-refractivity contribution in [3.63, 3.8) is 0 Å². The van der Waals surface area contributed by atoms with Gasteiger partial charge in [-0.3, -0.25) is 0 Å². The van der Waals surface area contributed by atoms with Gasteiger partial charge in [0.2, 0.25) is 0 Å². The first-order valence-electron chi connectivity index (χ1n) is 9.18. The number of urea groups is 1. The highest BCUT2D eigenvalue weighted by molar-refractivity contribution is 5.90. The number of para-hydroxylation sites is 1. The van der Waals surface area contributed by atoms with Crippen molar-refractivity contribution in [1.82, 2.24) is 5.32 Å². The smallest absolute Gasteiger partial charge is 0.319 e. The Morgan fingerprint density at radius 1 is 1.08 bits per heavy atom. The van der Waals surface area contributed by atoms with E-state index >= 15 is 0 Å². The molecule has 1 aliphatic rings. The first-order valence-corrected chi connectivity index (χ1v) is 9.18. The first kappa shape index (κ1) is 18.1. The quantitative estimate of drug-likeness (QED) is 0.879. The van der Waals surface area contributed by atoms with Crippen LogP contribution in [0.5, 0.6) is 0 Å². The molecule has 0 aromatic heterocycles. The van der Waals surface area contributed by atoms with E-state index in [1.165, 1.54) is 5.69 Å². The largest absolute Gasteiger partial charge is 0.378 e. The van der Waals surface area contributed by atoms with Gasteiger partial charge in [-0.1, -0.05) is 18.2 Å². The second-order valence-electron chi connectivity index (χ2n) is 7.09. The van der Waals surface area contributed by atoms with Crippen molar-refractivity contribution in [3.8, 4) is 0 Å². The molecule has 2 aromatic rings. The summed E-state index contributed by atoms with van der Waals surface area (Å²) >= 11 is 0. The average molecular weight is 352 g/mol. The number of carbonyl (C=O) groups excluding carboxylic acids is 1. The molecule has 2 amide bonds. The molecule has 5 nitrogen and oxygen atoms in total. The van der Waals surface area contributed by atoms with E-state index in [9.17, 15) is 4.79 Å². The van der Waals surface area contributed by atoms with E-state index in [4.69, 9.17) is 0 Å². The Bertz CT molecular complexity index is 737. The molecule has 0 unspecified atom stereocenters. The van der Waals surface area contributed by atoms with E-state index in [1.54, 1.807) is 0 Å². The third kappa shape index (κ3) is 4.48. The van der Waals surface area contributed by atoms with Crippen molar-refractivity contribution < 1.29 is 4.79 Å². The Hall–Kier alpha value is -2.69. The van der Waals surface area contributed by atoms with Gasteiger partial charge in [-0.25, -0.2) is 4.79 Å². The molecule has 1 aliphatic heterocycles. The number of nitrogens with zero attached hydrogens (tertiary/aromatic N) is 2. The minimum Gasteiger partial charge on any atom is -0.378 e. The summed E-state index contributed by atoms with van der Waals surface area (Å²) in [6, 6.07) is 16.6. The van der Waals surface area contributed by atoms with Crippen molar-refractivity contribution >= 4 is 23.1 Å². The maximum atomic E-state index is 12.4. The summed E-state index contributed by atoms with van der Waals surface area (Å²) in [6.07, 6.45) is 1.92. The summed E-state index contributed by atoms with van der Waals surface area (Å²) in [5.74, 6) is 0. The molecule has 138 valence electrons. The molecule has 1 saturated heterocycles. The maximum absolute atomic E-state index is 12.4. The normalized spacial score (nSPS) is 14.8. The van der Waals surface area contributed by atoms with Crippen molar-refractivity contribution in [2.24, 2.45) is 0 Å². The fourth-order valence-electron chi connectivity index (χ4n) is 3.33. The molecular formula is C21H28N4O. The Morgan fingerprint density at radius 3 is 2.38 bits per heavy atom. The summed E-state index contributed by atoms with van der Waals surface area (Å²) in [6.45, 7) is 3.94. The molecule has 0 atom stereocenters. The van der Waals surface area contributed by atoms with E-state index in [1.807, 2.05) is 39.2 Å². The van der Waals surface area contributed by atoms with Crippen LogP contribution in [0.4, 0.5) is 21.9 Å². The molecule has 2 aromatic carbocycles. The third-order valence-corrected chi connectivity index (χ3v) is 4.93. The van der Waals surface area contributed by atoms with E-state index in [2.05, 4.69) is 50.8 Å². The molecule has 0 saturated carbocycles. The zero-order chi connectivity index (χ0) is 18.5.